The van der Waals surface area contributed by atoms with Gasteiger partial charge in [-0.2, -0.15) is 0 Å². The molecule has 0 aliphatic heterocycles. The van der Waals surface area contributed by atoms with E-state index in [4.69, 9.17) is 10.5 Å². The zero-order chi connectivity index (χ0) is 13.0. The topological polar surface area (TPSA) is 78.4 Å². The van der Waals surface area contributed by atoms with E-state index in [0.717, 1.165) is 6.42 Å². The van der Waals surface area contributed by atoms with Crippen LogP contribution in [0.15, 0.2) is 18.2 Å². The van der Waals surface area contributed by atoms with Crippen molar-refractivity contribution in [2.45, 2.75) is 32.2 Å². The average Bonchev–Trinajstić information content (AvgIpc) is 2.29. The highest BCUT2D eigenvalue weighted by atomic mass is 16.6. The number of ether oxygens (including phenoxy) is 1. The Labute approximate surface area is 101 Å². The normalized spacial score (nSPS) is 14.1. The van der Waals surface area contributed by atoms with Gasteiger partial charge < -0.3 is 10.5 Å². The van der Waals surface area contributed by atoms with E-state index in [1.807, 2.05) is 13.8 Å². The van der Waals surface area contributed by atoms with Crippen molar-refractivity contribution in [3.63, 3.8) is 0 Å². The summed E-state index contributed by atoms with van der Waals surface area (Å²) in [7, 11) is 1.54. The fraction of sp³-hybridized carbons (Fsp3) is 0.500. The lowest BCUT2D eigenvalue weighted by Crippen LogP contribution is -2.25. The first-order chi connectivity index (χ1) is 8.01. The summed E-state index contributed by atoms with van der Waals surface area (Å²) in [5.41, 5.74) is 6.63. The average molecular weight is 238 g/mol. The van der Waals surface area contributed by atoms with Crippen molar-refractivity contribution in [3.8, 4) is 5.75 Å². The number of methoxy groups -OCH3 is 1. The lowest BCUT2D eigenvalue weighted by molar-refractivity contribution is -0.385. The van der Waals surface area contributed by atoms with Crippen molar-refractivity contribution in [1.29, 1.82) is 0 Å². The van der Waals surface area contributed by atoms with Crippen LogP contribution in [-0.4, -0.2) is 18.1 Å². The number of benzene rings is 1. The first-order valence-electron chi connectivity index (χ1n) is 5.59. The molecular weight excluding hydrogens is 220 g/mol. The fourth-order valence-corrected chi connectivity index (χ4v) is 2.00. The van der Waals surface area contributed by atoms with Gasteiger partial charge in [-0.25, -0.2) is 0 Å². The lowest BCUT2D eigenvalue weighted by atomic mass is 9.89. The number of rotatable bonds is 5. The number of hydrogen-bond acceptors (Lipinski definition) is 4. The molecule has 2 atom stereocenters. The van der Waals surface area contributed by atoms with Crippen LogP contribution in [0.3, 0.4) is 0 Å². The van der Waals surface area contributed by atoms with Gasteiger partial charge in [0.25, 0.3) is 5.69 Å². The Morgan fingerprint density at radius 2 is 2.18 bits per heavy atom. The maximum absolute atomic E-state index is 11.0. The molecule has 94 valence electrons. The van der Waals surface area contributed by atoms with Crippen LogP contribution < -0.4 is 10.5 Å². The summed E-state index contributed by atoms with van der Waals surface area (Å²) in [6.07, 6.45) is 0.756. The van der Waals surface area contributed by atoms with Gasteiger partial charge in [-0.3, -0.25) is 10.1 Å². The SMILES string of the molecule is CCC(c1cc(OC)ccc1[N+](=O)[O-])C(C)N. The van der Waals surface area contributed by atoms with E-state index >= 15 is 0 Å². The van der Waals surface area contributed by atoms with E-state index in [0.29, 0.717) is 11.3 Å². The van der Waals surface area contributed by atoms with Crippen molar-refractivity contribution in [2.75, 3.05) is 7.11 Å². The van der Waals surface area contributed by atoms with Gasteiger partial charge in [0.05, 0.1) is 12.0 Å². The minimum atomic E-state index is -0.375. The van der Waals surface area contributed by atoms with E-state index in [-0.39, 0.29) is 22.6 Å². The zero-order valence-electron chi connectivity index (χ0n) is 10.3. The van der Waals surface area contributed by atoms with E-state index in [1.54, 1.807) is 12.1 Å². The minimum Gasteiger partial charge on any atom is -0.497 e. The first kappa shape index (κ1) is 13.4. The number of nitrogens with zero attached hydrogens (tertiary/aromatic N) is 1. The van der Waals surface area contributed by atoms with Crippen LogP contribution in [0.2, 0.25) is 0 Å². The van der Waals surface area contributed by atoms with E-state index in [9.17, 15) is 10.1 Å². The van der Waals surface area contributed by atoms with Gasteiger partial charge in [-0.15, -0.1) is 0 Å². The second kappa shape index (κ2) is 5.63. The van der Waals surface area contributed by atoms with Crippen LogP contribution in [0.4, 0.5) is 5.69 Å². The van der Waals surface area contributed by atoms with E-state index in [2.05, 4.69) is 0 Å². The standard InChI is InChI=1S/C12H18N2O3/c1-4-10(8(2)13)11-7-9(17-3)5-6-12(11)14(15)16/h5-8,10H,4,13H2,1-3H3. The minimum absolute atomic E-state index is 0.0366. The predicted octanol–water partition coefficient (Wildman–Crippen LogP) is 2.44. The van der Waals surface area contributed by atoms with E-state index < -0.39 is 0 Å². The van der Waals surface area contributed by atoms with Gasteiger partial charge in [0.15, 0.2) is 0 Å². The van der Waals surface area contributed by atoms with Gasteiger partial charge in [-0.1, -0.05) is 6.92 Å². The summed E-state index contributed by atoms with van der Waals surface area (Å²) in [5, 5.41) is 11.0. The summed E-state index contributed by atoms with van der Waals surface area (Å²) < 4.78 is 5.10. The molecule has 0 radical (unpaired) electrons. The van der Waals surface area contributed by atoms with Crippen LogP contribution in [-0.2, 0) is 0 Å². The van der Waals surface area contributed by atoms with Gasteiger partial charge >= 0.3 is 0 Å². The Hall–Kier alpha value is -1.62. The molecule has 0 bridgehead atoms. The Morgan fingerprint density at radius 1 is 1.53 bits per heavy atom. The summed E-state index contributed by atoms with van der Waals surface area (Å²) in [4.78, 5) is 10.6. The molecule has 0 amide bonds. The summed E-state index contributed by atoms with van der Waals surface area (Å²) in [6.45, 7) is 3.83. The summed E-state index contributed by atoms with van der Waals surface area (Å²) >= 11 is 0. The zero-order valence-corrected chi connectivity index (χ0v) is 10.3. The third kappa shape index (κ3) is 2.94. The van der Waals surface area contributed by atoms with Crippen molar-refractivity contribution in [1.82, 2.24) is 0 Å². The van der Waals surface area contributed by atoms with Crippen molar-refractivity contribution >= 4 is 5.69 Å². The molecule has 0 fully saturated rings. The van der Waals surface area contributed by atoms with Crippen LogP contribution in [0.1, 0.15) is 31.7 Å². The second-order valence-corrected chi connectivity index (χ2v) is 4.06. The molecule has 0 heterocycles. The monoisotopic (exact) mass is 238 g/mol. The third-order valence-corrected chi connectivity index (χ3v) is 2.91. The van der Waals surface area contributed by atoms with Crippen molar-refractivity contribution < 1.29 is 9.66 Å². The highest BCUT2D eigenvalue weighted by Crippen LogP contribution is 2.33. The molecule has 0 spiro atoms. The fourth-order valence-electron chi connectivity index (χ4n) is 2.00. The van der Waals surface area contributed by atoms with Crippen LogP contribution >= 0.6 is 0 Å². The summed E-state index contributed by atoms with van der Waals surface area (Å²) in [5.74, 6) is 0.579. The first-order valence-corrected chi connectivity index (χ1v) is 5.59. The largest absolute Gasteiger partial charge is 0.497 e. The van der Waals surface area contributed by atoms with Gasteiger partial charge in [-0.05, 0) is 25.5 Å². The summed E-state index contributed by atoms with van der Waals surface area (Å²) in [6, 6.07) is 4.63. The maximum atomic E-state index is 11.0. The number of nitro benzene ring substituents is 1. The molecule has 0 aliphatic rings. The molecule has 0 aliphatic carbocycles. The second-order valence-electron chi connectivity index (χ2n) is 4.06. The Morgan fingerprint density at radius 3 is 2.59 bits per heavy atom. The number of hydrogen-bond donors (Lipinski definition) is 1. The molecule has 5 heteroatoms. The molecule has 1 aromatic rings. The third-order valence-electron chi connectivity index (χ3n) is 2.91. The number of nitrogens with two attached hydrogens (primary N) is 1. The van der Waals surface area contributed by atoms with E-state index in [1.165, 1.54) is 13.2 Å². The van der Waals surface area contributed by atoms with Gasteiger partial charge in [0, 0.05) is 23.6 Å². The lowest BCUT2D eigenvalue weighted by Gasteiger charge is -2.19. The molecule has 1 rings (SSSR count). The molecule has 2 unspecified atom stereocenters. The Balaban J connectivity index is 3.29. The Kier molecular flexibility index (Phi) is 4.45. The molecule has 0 aromatic heterocycles. The molecule has 5 nitrogen and oxygen atoms in total. The molecule has 0 saturated carbocycles. The predicted molar refractivity (Wildman–Crippen MR) is 66.3 cm³/mol. The molecule has 0 saturated heterocycles. The maximum Gasteiger partial charge on any atom is 0.273 e. The van der Waals surface area contributed by atoms with Gasteiger partial charge in [0.1, 0.15) is 5.75 Å². The Bertz CT molecular complexity index is 405. The quantitative estimate of drug-likeness (QED) is 0.631. The van der Waals surface area contributed by atoms with Gasteiger partial charge in [0.2, 0.25) is 0 Å². The molecular formula is C12H18N2O3. The van der Waals surface area contributed by atoms with Crippen LogP contribution in [0.5, 0.6) is 5.75 Å². The molecule has 2 N–H and O–H groups in total. The smallest absolute Gasteiger partial charge is 0.273 e. The number of nitro groups is 1. The van der Waals surface area contributed by atoms with Crippen molar-refractivity contribution in [2.24, 2.45) is 5.73 Å². The highest BCUT2D eigenvalue weighted by Gasteiger charge is 2.24. The van der Waals surface area contributed by atoms with Crippen molar-refractivity contribution in [3.05, 3.63) is 33.9 Å². The molecule has 17 heavy (non-hydrogen) atoms. The highest BCUT2D eigenvalue weighted by molar-refractivity contribution is 5.47. The van der Waals surface area contributed by atoms with Crippen LogP contribution in [0.25, 0.3) is 0 Å². The molecule has 1 aromatic carbocycles. The van der Waals surface area contributed by atoms with Crippen LogP contribution in [0, 0.1) is 10.1 Å².